The number of rotatable bonds is 2. The van der Waals surface area contributed by atoms with Crippen molar-refractivity contribution in [2.75, 3.05) is 13.6 Å². The molecule has 6 heteroatoms. The van der Waals surface area contributed by atoms with E-state index in [4.69, 9.17) is 0 Å². The third kappa shape index (κ3) is 3.30. The van der Waals surface area contributed by atoms with Crippen LogP contribution in [0.3, 0.4) is 0 Å². The quantitative estimate of drug-likeness (QED) is 0.876. The second-order valence-electron chi connectivity index (χ2n) is 4.97. The van der Waals surface area contributed by atoms with E-state index in [1.54, 1.807) is 13.1 Å². The summed E-state index contributed by atoms with van der Waals surface area (Å²) in [4.78, 5) is 11.6. The highest BCUT2D eigenvalue weighted by molar-refractivity contribution is 5.81. The average molecular weight is 286 g/mol. The minimum atomic E-state index is -4.33. The third-order valence-corrected chi connectivity index (χ3v) is 3.65. The number of hydrogen-bond acceptors (Lipinski definition) is 2. The second-order valence-corrected chi connectivity index (χ2v) is 4.97. The van der Waals surface area contributed by atoms with Gasteiger partial charge in [0.1, 0.15) is 0 Å². The lowest BCUT2D eigenvalue weighted by Gasteiger charge is -2.29. The summed E-state index contributed by atoms with van der Waals surface area (Å²) >= 11 is 0. The van der Waals surface area contributed by atoms with Crippen LogP contribution in [0.1, 0.15) is 29.9 Å². The van der Waals surface area contributed by atoms with Crippen LogP contribution in [-0.2, 0) is 11.0 Å². The van der Waals surface area contributed by atoms with Crippen LogP contribution >= 0.6 is 0 Å². The molecule has 0 bridgehead atoms. The Hall–Kier alpha value is -1.56. The van der Waals surface area contributed by atoms with Crippen molar-refractivity contribution < 1.29 is 18.0 Å². The smallest absolute Gasteiger partial charge is 0.358 e. The van der Waals surface area contributed by atoms with Crippen molar-refractivity contribution in [3.63, 3.8) is 0 Å². The first kappa shape index (κ1) is 14.8. The molecule has 0 radical (unpaired) electrons. The number of carbonyl (C=O) groups excluding carboxylic acids is 1. The van der Waals surface area contributed by atoms with E-state index in [1.165, 1.54) is 12.1 Å². The number of carbonyl (C=O) groups is 1. The van der Waals surface area contributed by atoms with Gasteiger partial charge in [-0.1, -0.05) is 18.2 Å². The number of amides is 1. The Bertz CT molecular complexity index is 488. The molecule has 20 heavy (non-hydrogen) atoms. The summed E-state index contributed by atoms with van der Waals surface area (Å²) in [5, 5.41) is 5.64. The summed E-state index contributed by atoms with van der Waals surface area (Å²) < 4.78 is 38.2. The third-order valence-electron chi connectivity index (χ3n) is 3.65. The van der Waals surface area contributed by atoms with Gasteiger partial charge in [-0.2, -0.15) is 13.2 Å². The van der Waals surface area contributed by atoms with Gasteiger partial charge in [0.2, 0.25) is 5.91 Å². The van der Waals surface area contributed by atoms with Crippen molar-refractivity contribution in [2.24, 2.45) is 0 Å². The van der Waals surface area contributed by atoms with Crippen LogP contribution in [0.25, 0.3) is 0 Å². The lowest BCUT2D eigenvalue weighted by atomic mass is 9.85. The summed E-state index contributed by atoms with van der Waals surface area (Å²) in [6.07, 6.45) is -3.08. The SMILES string of the molecule is CNC(=O)C1CC(c2cccc(C(F)(F)F)c2)CCN1. The number of halogens is 3. The molecule has 1 heterocycles. The Morgan fingerprint density at radius 2 is 2.15 bits per heavy atom. The van der Waals surface area contributed by atoms with Crippen molar-refractivity contribution in [1.82, 2.24) is 10.6 Å². The minimum Gasteiger partial charge on any atom is -0.358 e. The minimum absolute atomic E-state index is 0.0270. The summed E-state index contributed by atoms with van der Waals surface area (Å²) in [6.45, 7) is 0.624. The summed E-state index contributed by atoms with van der Waals surface area (Å²) in [7, 11) is 1.55. The number of likely N-dealkylation sites (N-methyl/N-ethyl adjacent to an activating group) is 1. The number of piperidine rings is 1. The molecule has 2 rings (SSSR count). The lowest BCUT2D eigenvalue weighted by Crippen LogP contribution is -2.47. The maximum atomic E-state index is 12.7. The predicted octanol–water partition coefficient (Wildman–Crippen LogP) is 2.29. The van der Waals surface area contributed by atoms with Crippen LogP contribution in [0.4, 0.5) is 13.2 Å². The molecule has 0 spiro atoms. The Kier molecular flexibility index (Phi) is 4.32. The van der Waals surface area contributed by atoms with Gasteiger partial charge in [-0.25, -0.2) is 0 Å². The van der Waals surface area contributed by atoms with Crippen LogP contribution in [0.15, 0.2) is 24.3 Å². The zero-order valence-corrected chi connectivity index (χ0v) is 11.1. The van der Waals surface area contributed by atoms with E-state index in [0.717, 1.165) is 12.5 Å². The number of benzene rings is 1. The first-order valence-corrected chi connectivity index (χ1v) is 6.54. The number of hydrogen-bond donors (Lipinski definition) is 2. The van der Waals surface area contributed by atoms with Crippen LogP contribution < -0.4 is 10.6 Å². The van der Waals surface area contributed by atoms with Gasteiger partial charge in [-0.15, -0.1) is 0 Å². The molecule has 0 aliphatic carbocycles. The van der Waals surface area contributed by atoms with Crippen LogP contribution in [0.2, 0.25) is 0 Å². The van der Waals surface area contributed by atoms with Gasteiger partial charge in [-0.05, 0) is 36.9 Å². The Balaban J connectivity index is 2.17. The van der Waals surface area contributed by atoms with E-state index >= 15 is 0 Å². The zero-order chi connectivity index (χ0) is 14.8. The molecule has 2 atom stereocenters. The monoisotopic (exact) mass is 286 g/mol. The molecule has 2 N–H and O–H groups in total. The summed E-state index contributed by atoms with van der Waals surface area (Å²) in [5.41, 5.74) is 0.0141. The predicted molar refractivity (Wildman–Crippen MR) is 69.3 cm³/mol. The Morgan fingerprint density at radius 3 is 2.80 bits per heavy atom. The van der Waals surface area contributed by atoms with Gasteiger partial charge in [-0.3, -0.25) is 4.79 Å². The molecular weight excluding hydrogens is 269 g/mol. The maximum Gasteiger partial charge on any atom is 0.416 e. The van der Waals surface area contributed by atoms with Crippen LogP contribution in [0, 0.1) is 0 Å². The molecule has 2 unspecified atom stereocenters. The average Bonchev–Trinajstić information content (AvgIpc) is 2.46. The van der Waals surface area contributed by atoms with Gasteiger partial charge in [0, 0.05) is 7.05 Å². The first-order valence-electron chi connectivity index (χ1n) is 6.54. The standard InChI is InChI=1S/C14H17F3N2O/c1-18-13(20)12-8-10(5-6-19-12)9-3-2-4-11(7-9)14(15,16)17/h2-4,7,10,12,19H,5-6,8H2,1H3,(H,18,20). The molecule has 110 valence electrons. The second kappa shape index (κ2) is 5.83. The van der Waals surface area contributed by atoms with Crippen molar-refractivity contribution in [3.05, 3.63) is 35.4 Å². The molecule has 0 saturated carbocycles. The molecule has 0 aromatic heterocycles. The molecule has 1 amide bonds. The van der Waals surface area contributed by atoms with E-state index < -0.39 is 11.7 Å². The number of alkyl halides is 3. The fraction of sp³-hybridized carbons (Fsp3) is 0.500. The van der Waals surface area contributed by atoms with E-state index in [2.05, 4.69) is 10.6 Å². The highest BCUT2D eigenvalue weighted by atomic mass is 19.4. The van der Waals surface area contributed by atoms with Gasteiger partial charge in [0.15, 0.2) is 0 Å². The van der Waals surface area contributed by atoms with Crippen LogP contribution in [0.5, 0.6) is 0 Å². The zero-order valence-electron chi connectivity index (χ0n) is 11.1. The van der Waals surface area contributed by atoms with Crippen molar-refractivity contribution in [2.45, 2.75) is 31.0 Å². The Morgan fingerprint density at radius 1 is 1.40 bits per heavy atom. The van der Waals surface area contributed by atoms with Gasteiger partial charge in [0.25, 0.3) is 0 Å². The molecule has 1 aliphatic rings. The molecular formula is C14H17F3N2O. The van der Waals surface area contributed by atoms with E-state index in [-0.39, 0.29) is 17.9 Å². The lowest BCUT2D eigenvalue weighted by molar-refractivity contribution is -0.137. The highest BCUT2D eigenvalue weighted by Crippen LogP contribution is 2.34. The topological polar surface area (TPSA) is 41.1 Å². The van der Waals surface area contributed by atoms with Crippen molar-refractivity contribution in [1.29, 1.82) is 0 Å². The van der Waals surface area contributed by atoms with E-state index in [1.807, 2.05) is 0 Å². The molecule has 3 nitrogen and oxygen atoms in total. The van der Waals surface area contributed by atoms with Gasteiger partial charge < -0.3 is 10.6 Å². The van der Waals surface area contributed by atoms with Crippen molar-refractivity contribution in [3.8, 4) is 0 Å². The maximum absolute atomic E-state index is 12.7. The number of nitrogens with one attached hydrogen (secondary N) is 2. The summed E-state index contributed by atoms with van der Waals surface area (Å²) in [5.74, 6) is -0.150. The Labute approximate surface area is 115 Å². The molecule has 1 saturated heterocycles. The van der Waals surface area contributed by atoms with Crippen LogP contribution in [-0.4, -0.2) is 25.5 Å². The van der Waals surface area contributed by atoms with Gasteiger partial charge >= 0.3 is 6.18 Å². The molecule has 1 aromatic carbocycles. The van der Waals surface area contributed by atoms with E-state index in [9.17, 15) is 18.0 Å². The molecule has 1 aliphatic heterocycles. The summed E-state index contributed by atoms with van der Waals surface area (Å²) in [6, 6.07) is 5.05. The van der Waals surface area contributed by atoms with Gasteiger partial charge in [0.05, 0.1) is 11.6 Å². The largest absolute Gasteiger partial charge is 0.416 e. The van der Waals surface area contributed by atoms with E-state index in [0.29, 0.717) is 18.5 Å². The fourth-order valence-corrected chi connectivity index (χ4v) is 2.56. The normalized spacial score (nSPS) is 23.4. The molecule has 1 aromatic rings. The fourth-order valence-electron chi connectivity index (χ4n) is 2.56. The molecule has 1 fully saturated rings. The highest BCUT2D eigenvalue weighted by Gasteiger charge is 2.32. The first-order chi connectivity index (χ1) is 9.41. The van der Waals surface area contributed by atoms with Crippen molar-refractivity contribution >= 4 is 5.91 Å².